The van der Waals surface area contributed by atoms with E-state index >= 15 is 0 Å². The Morgan fingerprint density at radius 3 is 2.25 bits per heavy atom. The van der Waals surface area contributed by atoms with Gasteiger partial charge in [0.15, 0.2) is 0 Å². The van der Waals surface area contributed by atoms with Gasteiger partial charge >= 0.3 is 0 Å². The Labute approximate surface area is 134 Å². The Morgan fingerprint density at radius 2 is 1.70 bits per heavy atom. The molecule has 2 rings (SSSR count). The third kappa shape index (κ3) is 3.67. The lowest BCUT2D eigenvalue weighted by Gasteiger charge is -2.22. The molecule has 0 aliphatic rings. The van der Waals surface area contributed by atoms with E-state index in [9.17, 15) is 9.50 Å². The first-order valence-electron chi connectivity index (χ1n) is 6.11. The second-order valence-corrected chi connectivity index (χ2v) is 6.38. The molecule has 0 aromatic heterocycles. The average molecular weight is 403 g/mol. The average Bonchev–Trinajstić information content (AvgIpc) is 2.38. The maximum Gasteiger partial charge on any atom is 0.123 e. The monoisotopic (exact) mass is 401 g/mol. The number of rotatable bonds is 4. The van der Waals surface area contributed by atoms with Crippen molar-refractivity contribution >= 4 is 31.9 Å². The van der Waals surface area contributed by atoms with Gasteiger partial charge in [-0.1, -0.05) is 44.0 Å². The van der Waals surface area contributed by atoms with E-state index in [0.29, 0.717) is 5.56 Å². The molecule has 2 unspecified atom stereocenters. The molecular weight excluding hydrogens is 389 g/mol. The Morgan fingerprint density at radius 1 is 1.05 bits per heavy atom. The van der Waals surface area contributed by atoms with Crippen molar-refractivity contribution in [2.45, 2.75) is 12.0 Å². The predicted octanol–water partition coefficient (Wildman–Crippen LogP) is 4.13. The molecule has 2 atom stereocenters. The Bertz CT molecular complexity index is 586. The van der Waals surface area contributed by atoms with Crippen LogP contribution in [0.3, 0.4) is 0 Å². The first-order chi connectivity index (χ1) is 9.51. The summed E-state index contributed by atoms with van der Waals surface area (Å²) in [4.78, 5) is 0. The van der Waals surface area contributed by atoms with Gasteiger partial charge in [0, 0.05) is 21.4 Å². The molecule has 2 aromatic carbocycles. The maximum absolute atomic E-state index is 13.3. The van der Waals surface area contributed by atoms with Gasteiger partial charge in [-0.15, -0.1) is 0 Å². The van der Waals surface area contributed by atoms with Crippen LogP contribution < -0.4 is 5.73 Å². The Balaban J connectivity index is 2.35. The van der Waals surface area contributed by atoms with E-state index < -0.39 is 6.10 Å². The van der Waals surface area contributed by atoms with Gasteiger partial charge in [0.2, 0.25) is 0 Å². The number of benzene rings is 2. The standard InChI is InChI=1S/C15H14Br2FNO/c16-11-4-10(5-12(17)7-11)15(20)14(8-19)9-2-1-3-13(18)6-9/h1-7,14-15,20H,8,19H2. The molecule has 0 saturated heterocycles. The van der Waals surface area contributed by atoms with Gasteiger partial charge in [-0.05, 0) is 41.5 Å². The fourth-order valence-electron chi connectivity index (χ4n) is 2.16. The van der Waals surface area contributed by atoms with E-state index in [2.05, 4.69) is 31.9 Å². The smallest absolute Gasteiger partial charge is 0.123 e. The van der Waals surface area contributed by atoms with Gasteiger partial charge in [-0.2, -0.15) is 0 Å². The molecular formula is C15H14Br2FNO. The Kier molecular flexibility index (Phi) is 5.32. The van der Waals surface area contributed by atoms with Crippen molar-refractivity contribution in [3.05, 3.63) is 68.4 Å². The number of halogens is 3. The maximum atomic E-state index is 13.3. The molecule has 0 radical (unpaired) electrons. The molecule has 0 fully saturated rings. The van der Waals surface area contributed by atoms with Crippen LogP contribution in [0, 0.1) is 5.82 Å². The molecule has 0 saturated carbocycles. The number of aliphatic hydroxyl groups excluding tert-OH is 1. The van der Waals surface area contributed by atoms with E-state index in [1.54, 1.807) is 12.1 Å². The van der Waals surface area contributed by atoms with E-state index in [1.807, 2.05) is 18.2 Å². The van der Waals surface area contributed by atoms with Crippen LogP contribution in [0.5, 0.6) is 0 Å². The van der Waals surface area contributed by atoms with Gasteiger partial charge in [0.25, 0.3) is 0 Å². The quantitative estimate of drug-likeness (QED) is 0.807. The van der Waals surface area contributed by atoms with Crippen LogP contribution in [0.1, 0.15) is 23.1 Å². The van der Waals surface area contributed by atoms with Gasteiger partial charge < -0.3 is 10.8 Å². The molecule has 2 aromatic rings. The van der Waals surface area contributed by atoms with Crippen LogP contribution in [0.4, 0.5) is 4.39 Å². The molecule has 2 nitrogen and oxygen atoms in total. The van der Waals surface area contributed by atoms with Crippen LogP contribution in [0.15, 0.2) is 51.4 Å². The number of aliphatic hydroxyl groups is 1. The highest BCUT2D eigenvalue weighted by atomic mass is 79.9. The van der Waals surface area contributed by atoms with Crippen LogP contribution in [0.2, 0.25) is 0 Å². The summed E-state index contributed by atoms with van der Waals surface area (Å²) in [6, 6.07) is 11.7. The van der Waals surface area contributed by atoms with Crippen molar-refractivity contribution in [3.8, 4) is 0 Å². The summed E-state index contributed by atoms with van der Waals surface area (Å²) < 4.78 is 15.0. The van der Waals surface area contributed by atoms with Crippen LogP contribution in [-0.2, 0) is 0 Å². The number of hydrogen-bond donors (Lipinski definition) is 2. The summed E-state index contributed by atoms with van der Waals surface area (Å²) in [5.41, 5.74) is 7.18. The van der Waals surface area contributed by atoms with Gasteiger partial charge in [0.05, 0.1) is 6.10 Å². The molecule has 0 heterocycles. The largest absolute Gasteiger partial charge is 0.388 e. The number of hydrogen-bond acceptors (Lipinski definition) is 2. The zero-order valence-corrected chi connectivity index (χ0v) is 13.7. The molecule has 0 bridgehead atoms. The minimum absolute atomic E-state index is 0.231. The fourth-order valence-corrected chi connectivity index (χ4v) is 3.49. The second-order valence-electron chi connectivity index (χ2n) is 4.54. The first kappa shape index (κ1) is 15.6. The van der Waals surface area contributed by atoms with Crippen LogP contribution in [-0.4, -0.2) is 11.7 Å². The van der Waals surface area contributed by atoms with Crippen LogP contribution in [0.25, 0.3) is 0 Å². The van der Waals surface area contributed by atoms with Gasteiger partial charge in [-0.3, -0.25) is 0 Å². The lowest BCUT2D eigenvalue weighted by atomic mass is 9.89. The molecule has 0 aliphatic heterocycles. The highest BCUT2D eigenvalue weighted by molar-refractivity contribution is 9.11. The summed E-state index contributed by atoms with van der Waals surface area (Å²) in [5, 5.41) is 10.5. The highest BCUT2D eigenvalue weighted by Gasteiger charge is 2.22. The lowest BCUT2D eigenvalue weighted by Crippen LogP contribution is -2.20. The normalized spacial score (nSPS) is 14.1. The lowest BCUT2D eigenvalue weighted by molar-refractivity contribution is 0.147. The highest BCUT2D eigenvalue weighted by Crippen LogP contribution is 2.33. The van der Waals surface area contributed by atoms with Gasteiger partial charge in [0.1, 0.15) is 5.82 Å². The molecule has 0 amide bonds. The molecule has 0 spiro atoms. The summed E-state index contributed by atoms with van der Waals surface area (Å²) in [6.45, 7) is 0.231. The summed E-state index contributed by atoms with van der Waals surface area (Å²) in [6.07, 6.45) is -0.796. The summed E-state index contributed by atoms with van der Waals surface area (Å²) in [7, 11) is 0. The Hall–Kier alpha value is -0.750. The van der Waals surface area contributed by atoms with Crippen molar-refractivity contribution in [1.82, 2.24) is 0 Å². The minimum atomic E-state index is -0.796. The van der Waals surface area contributed by atoms with Gasteiger partial charge in [-0.25, -0.2) is 4.39 Å². The third-order valence-electron chi connectivity index (χ3n) is 3.14. The fraction of sp³-hybridized carbons (Fsp3) is 0.200. The van der Waals surface area contributed by atoms with Crippen molar-refractivity contribution in [3.63, 3.8) is 0 Å². The zero-order valence-electron chi connectivity index (χ0n) is 10.6. The zero-order chi connectivity index (χ0) is 14.7. The molecule has 106 valence electrons. The summed E-state index contributed by atoms with van der Waals surface area (Å²) >= 11 is 6.78. The predicted molar refractivity (Wildman–Crippen MR) is 85.0 cm³/mol. The molecule has 5 heteroatoms. The van der Waals surface area contributed by atoms with Crippen LogP contribution >= 0.6 is 31.9 Å². The van der Waals surface area contributed by atoms with E-state index in [4.69, 9.17) is 5.73 Å². The van der Waals surface area contributed by atoms with E-state index in [-0.39, 0.29) is 18.3 Å². The van der Waals surface area contributed by atoms with Crippen molar-refractivity contribution < 1.29 is 9.50 Å². The topological polar surface area (TPSA) is 46.2 Å². The number of nitrogens with two attached hydrogens (primary N) is 1. The van der Waals surface area contributed by atoms with E-state index in [1.165, 1.54) is 12.1 Å². The molecule has 20 heavy (non-hydrogen) atoms. The van der Waals surface area contributed by atoms with E-state index in [0.717, 1.165) is 14.5 Å². The second kappa shape index (κ2) is 6.80. The minimum Gasteiger partial charge on any atom is -0.388 e. The summed E-state index contributed by atoms with van der Waals surface area (Å²) in [5.74, 6) is -0.685. The SMILES string of the molecule is NCC(c1cccc(F)c1)C(O)c1cc(Br)cc(Br)c1. The van der Waals surface area contributed by atoms with Crippen molar-refractivity contribution in [2.24, 2.45) is 5.73 Å². The molecule has 0 aliphatic carbocycles. The van der Waals surface area contributed by atoms with Crippen molar-refractivity contribution in [1.29, 1.82) is 0 Å². The first-order valence-corrected chi connectivity index (χ1v) is 7.69. The third-order valence-corrected chi connectivity index (χ3v) is 4.05. The molecule has 3 N–H and O–H groups in total. The van der Waals surface area contributed by atoms with Crippen molar-refractivity contribution in [2.75, 3.05) is 6.54 Å².